The minimum Gasteiger partial charge on any atom is -0.310 e. The van der Waals surface area contributed by atoms with Crippen molar-refractivity contribution in [1.82, 2.24) is 0 Å². The van der Waals surface area contributed by atoms with Crippen LogP contribution in [0.5, 0.6) is 0 Å². The normalized spacial score (nSPS) is 22.1. The highest BCUT2D eigenvalue weighted by Crippen LogP contribution is 2.69. The van der Waals surface area contributed by atoms with E-state index in [1.165, 1.54) is 102 Å². The Labute approximate surface area is 356 Å². The Bertz CT molecular complexity index is 3050. The average Bonchev–Trinajstić information content (AvgIpc) is 3.82. The van der Waals surface area contributed by atoms with Gasteiger partial charge in [0.2, 0.25) is 0 Å². The summed E-state index contributed by atoms with van der Waals surface area (Å²) in [4.78, 5) is 2.48. The summed E-state index contributed by atoms with van der Waals surface area (Å²) in [7, 11) is 0. The molecule has 1 spiro atoms. The number of benzene rings is 8. The average molecular weight is 788 g/mol. The van der Waals surface area contributed by atoms with E-state index in [1.54, 1.807) is 11.1 Å². The minimum absolute atomic E-state index is 0.164. The Hall–Kier alpha value is -6.22. The summed E-state index contributed by atoms with van der Waals surface area (Å²) in [6, 6.07) is 70.8. The van der Waals surface area contributed by atoms with Gasteiger partial charge in [-0.05, 0) is 160 Å². The van der Waals surface area contributed by atoms with Gasteiger partial charge in [-0.25, -0.2) is 0 Å². The van der Waals surface area contributed by atoms with Crippen LogP contribution in [0.25, 0.3) is 64.7 Å². The lowest BCUT2D eigenvalue weighted by atomic mass is 9.43. The van der Waals surface area contributed by atoms with Crippen molar-refractivity contribution < 1.29 is 0 Å². The second-order valence-electron chi connectivity index (χ2n) is 18.1. The van der Waals surface area contributed by atoms with Crippen molar-refractivity contribution in [1.29, 1.82) is 0 Å². The maximum atomic E-state index is 2.55. The van der Waals surface area contributed by atoms with E-state index in [9.17, 15) is 0 Å². The van der Waals surface area contributed by atoms with Gasteiger partial charge in [0, 0.05) is 42.6 Å². The van der Waals surface area contributed by atoms with E-state index in [1.807, 2.05) is 11.3 Å². The maximum Gasteiger partial charge on any atom is 0.0468 e. The van der Waals surface area contributed by atoms with E-state index in [0.29, 0.717) is 0 Å². The molecular weight excluding hydrogens is 743 g/mol. The first-order chi connectivity index (χ1) is 29.7. The van der Waals surface area contributed by atoms with Gasteiger partial charge in [-0.1, -0.05) is 140 Å². The number of anilines is 3. The van der Waals surface area contributed by atoms with Crippen molar-refractivity contribution in [3.05, 3.63) is 199 Å². The Morgan fingerprint density at radius 1 is 0.367 bits per heavy atom. The zero-order valence-electron chi connectivity index (χ0n) is 33.6. The third-order valence-corrected chi connectivity index (χ3v) is 16.2. The SMILES string of the molecule is c1ccc(-c2ccc(-c3ccc(N(c4ccc(-c5ccc6c(c5)sc5ccccc56)cc4)c4ccc5c(c4)-c4ccccc4C54C5CC6CC(C5)CC4C6)cc3)cc2)cc1. The third-order valence-electron chi connectivity index (χ3n) is 15.1. The number of hydrogen-bond donors (Lipinski definition) is 0. The largest absolute Gasteiger partial charge is 0.310 e. The highest BCUT2D eigenvalue weighted by molar-refractivity contribution is 7.25. The summed E-state index contributed by atoms with van der Waals surface area (Å²) in [6.45, 7) is 0. The number of hydrogen-bond acceptors (Lipinski definition) is 2. The van der Waals surface area contributed by atoms with Crippen molar-refractivity contribution in [2.24, 2.45) is 23.7 Å². The molecule has 60 heavy (non-hydrogen) atoms. The molecule has 5 aliphatic carbocycles. The molecule has 9 aromatic rings. The molecule has 0 atom stereocenters. The molecule has 1 nitrogen and oxygen atoms in total. The lowest BCUT2D eigenvalue weighted by Crippen LogP contribution is -2.55. The first-order valence-electron chi connectivity index (χ1n) is 22.0. The fourth-order valence-electron chi connectivity index (χ4n) is 12.7. The summed E-state index contributed by atoms with van der Waals surface area (Å²) in [6.07, 6.45) is 7.08. The molecule has 0 aliphatic heterocycles. The number of fused-ring (bicyclic) bond motifs is 6. The lowest BCUT2D eigenvalue weighted by Gasteiger charge is -2.61. The number of thiophene rings is 1. The van der Waals surface area contributed by atoms with Crippen LogP contribution in [0.4, 0.5) is 17.1 Å². The monoisotopic (exact) mass is 787 g/mol. The molecule has 2 heteroatoms. The lowest BCUT2D eigenvalue weighted by molar-refractivity contribution is -0.0399. The Kier molecular flexibility index (Phi) is 7.73. The Balaban J connectivity index is 0.905. The molecule has 4 bridgehead atoms. The second-order valence-corrected chi connectivity index (χ2v) is 19.2. The van der Waals surface area contributed by atoms with Crippen molar-refractivity contribution in [2.75, 3.05) is 4.90 Å². The molecule has 0 unspecified atom stereocenters. The Morgan fingerprint density at radius 2 is 0.867 bits per heavy atom. The molecular formula is C58H45NS. The van der Waals surface area contributed by atoms with Crippen LogP contribution in [0, 0.1) is 23.7 Å². The molecule has 5 aliphatic rings. The van der Waals surface area contributed by atoms with Gasteiger partial charge in [0.05, 0.1) is 0 Å². The van der Waals surface area contributed by atoms with Gasteiger partial charge in [0.25, 0.3) is 0 Å². The fraction of sp³-hybridized carbons (Fsp3) is 0.172. The molecule has 8 aromatic carbocycles. The highest BCUT2D eigenvalue weighted by atomic mass is 32.1. The van der Waals surface area contributed by atoms with Crippen LogP contribution in [0.15, 0.2) is 188 Å². The molecule has 288 valence electrons. The molecule has 1 heterocycles. The van der Waals surface area contributed by atoms with Crippen LogP contribution in [0.1, 0.15) is 43.2 Å². The van der Waals surface area contributed by atoms with Crippen LogP contribution in [0.3, 0.4) is 0 Å². The summed E-state index contributed by atoms with van der Waals surface area (Å²) in [5.74, 6) is 3.38. The van der Waals surface area contributed by atoms with Crippen molar-refractivity contribution in [3.8, 4) is 44.5 Å². The Morgan fingerprint density at radius 3 is 1.55 bits per heavy atom. The predicted molar refractivity (Wildman–Crippen MR) is 254 cm³/mol. The van der Waals surface area contributed by atoms with E-state index < -0.39 is 0 Å². The van der Waals surface area contributed by atoms with Gasteiger partial charge in [-0.3, -0.25) is 0 Å². The molecule has 4 saturated carbocycles. The zero-order valence-corrected chi connectivity index (χ0v) is 34.4. The minimum atomic E-state index is 0.164. The predicted octanol–water partition coefficient (Wildman–Crippen LogP) is 16.2. The van der Waals surface area contributed by atoms with Crippen LogP contribution in [0.2, 0.25) is 0 Å². The molecule has 14 rings (SSSR count). The van der Waals surface area contributed by atoms with E-state index in [2.05, 4.69) is 193 Å². The molecule has 0 amide bonds. The summed E-state index contributed by atoms with van der Waals surface area (Å²) in [5.41, 5.74) is 17.2. The van der Waals surface area contributed by atoms with Gasteiger partial charge in [0.1, 0.15) is 0 Å². The van der Waals surface area contributed by atoms with Crippen molar-refractivity contribution in [3.63, 3.8) is 0 Å². The van der Waals surface area contributed by atoms with Crippen LogP contribution >= 0.6 is 11.3 Å². The topological polar surface area (TPSA) is 3.24 Å². The van der Waals surface area contributed by atoms with E-state index in [4.69, 9.17) is 0 Å². The summed E-state index contributed by atoms with van der Waals surface area (Å²) < 4.78 is 2.68. The molecule has 4 fully saturated rings. The fourth-order valence-corrected chi connectivity index (χ4v) is 13.9. The number of nitrogens with zero attached hydrogens (tertiary/aromatic N) is 1. The maximum absolute atomic E-state index is 2.55. The number of rotatable bonds is 6. The van der Waals surface area contributed by atoms with Crippen LogP contribution < -0.4 is 4.90 Å². The summed E-state index contributed by atoms with van der Waals surface area (Å²) in [5, 5.41) is 2.68. The molecule has 0 saturated heterocycles. The van der Waals surface area contributed by atoms with Crippen molar-refractivity contribution in [2.45, 2.75) is 37.5 Å². The smallest absolute Gasteiger partial charge is 0.0468 e. The van der Waals surface area contributed by atoms with Gasteiger partial charge >= 0.3 is 0 Å². The zero-order chi connectivity index (χ0) is 39.4. The second kappa shape index (κ2) is 13.4. The van der Waals surface area contributed by atoms with Gasteiger partial charge in [-0.15, -0.1) is 11.3 Å². The van der Waals surface area contributed by atoms with Gasteiger partial charge in [0.15, 0.2) is 0 Å². The van der Waals surface area contributed by atoms with E-state index in [0.717, 1.165) is 35.0 Å². The molecule has 0 radical (unpaired) electrons. The van der Waals surface area contributed by atoms with E-state index in [-0.39, 0.29) is 5.41 Å². The molecule has 0 N–H and O–H groups in total. The quantitative estimate of drug-likeness (QED) is 0.162. The van der Waals surface area contributed by atoms with Crippen molar-refractivity contribution >= 4 is 48.6 Å². The summed E-state index contributed by atoms with van der Waals surface area (Å²) >= 11 is 1.88. The van der Waals surface area contributed by atoms with Crippen LogP contribution in [-0.2, 0) is 5.41 Å². The van der Waals surface area contributed by atoms with E-state index >= 15 is 0 Å². The highest BCUT2D eigenvalue weighted by Gasteiger charge is 2.61. The van der Waals surface area contributed by atoms with Crippen LogP contribution in [-0.4, -0.2) is 0 Å². The van der Waals surface area contributed by atoms with Gasteiger partial charge in [-0.2, -0.15) is 0 Å². The molecule has 1 aromatic heterocycles. The first kappa shape index (κ1) is 34.6. The first-order valence-corrected chi connectivity index (χ1v) is 22.8. The third kappa shape index (κ3) is 5.23. The van der Waals surface area contributed by atoms with Gasteiger partial charge < -0.3 is 4.90 Å². The standard InChI is InChI=1S/C58H45NS/c1-2-8-39(9-3-1)40-14-16-41(17-15-40)42-18-23-47(24-19-42)59(48-25-20-43(21-26-48)44-22-28-52-51-11-5-7-13-56(51)60-57(52)35-44)49-27-29-55-53(36-49)50-10-4-6-12-54(50)58(55)45-31-37-30-38(33-45)34-46(58)32-37/h1-29,35-38,45-46H,30-34H2.